The van der Waals surface area contributed by atoms with Crippen LogP contribution in [0.15, 0.2) is 30.3 Å². The largest absolute Gasteiger partial charge is 1.00 e. The molecular weight excluding hydrogens is 318 g/mol. The second kappa shape index (κ2) is 6.98. The fraction of sp³-hybridized carbons (Fsp3) is 0.294. The van der Waals surface area contributed by atoms with Crippen LogP contribution in [0, 0.1) is 0 Å². The minimum Gasteiger partial charge on any atom is -1.00 e. The first-order valence-corrected chi connectivity index (χ1v) is 7.14. The summed E-state index contributed by atoms with van der Waals surface area (Å²) >= 11 is 0. The Balaban J connectivity index is 0.00000192. The summed E-state index contributed by atoms with van der Waals surface area (Å²) in [5.41, 5.74) is 3.02. The second-order valence-corrected chi connectivity index (χ2v) is 5.29. The van der Waals surface area contributed by atoms with Crippen LogP contribution in [0.2, 0.25) is 0 Å². The number of rotatable bonds is 3. The highest BCUT2D eigenvalue weighted by atomic mass is 35.5. The number of fused-ring (bicyclic) bond motifs is 1. The Labute approximate surface area is 141 Å². The monoisotopic (exact) mass is 336 g/mol. The van der Waals surface area contributed by atoms with Crippen molar-refractivity contribution in [3.63, 3.8) is 0 Å². The predicted molar refractivity (Wildman–Crippen MR) is 82.9 cm³/mol. The zero-order valence-corrected chi connectivity index (χ0v) is 13.7. The van der Waals surface area contributed by atoms with Crippen LogP contribution in [0.25, 0.3) is 0 Å². The lowest BCUT2D eigenvalue weighted by Crippen LogP contribution is -3.00. The van der Waals surface area contributed by atoms with Gasteiger partial charge in [0.05, 0.1) is 20.3 Å². The van der Waals surface area contributed by atoms with E-state index in [0.717, 1.165) is 29.7 Å². The second-order valence-electron chi connectivity index (χ2n) is 5.29. The van der Waals surface area contributed by atoms with Crippen molar-refractivity contribution < 1.29 is 32.1 Å². The molecule has 0 bridgehead atoms. The number of nitrogens with one attached hydrogen (secondary N) is 1. The Kier molecular flexibility index (Phi) is 5.23. The number of methoxy groups -OCH3 is 2. The van der Waals surface area contributed by atoms with Crippen LogP contribution in [0.1, 0.15) is 22.7 Å². The van der Waals surface area contributed by atoms with Crippen molar-refractivity contribution >= 4 is 0 Å². The summed E-state index contributed by atoms with van der Waals surface area (Å²) in [6, 6.07) is 8.96. The van der Waals surface area contributed by atoms with Gasteiger partial charge in [-0.25, -0.2) is 0 Å². The van der Waals surface area contributed by atoms with Gasteiger partial charge in [0.15, 0.2) is 23.0 Å². The Morgan fingerprint density at radius 3 is 2.39 bits per heavy atom. The van der Waals surface area contributed by atoms with E-state index >= 15 is 0 Å². The van der Waals surface area contributed by atoms with Crippen LogP contribution >= 0.6 is 0 Å². The summed E-state index contributed by atoms with van der Waals surface area (Å²) in [6.45, 7) is 0.802. The van der Waals surface area contributed by atoms with E-state index in [0.29, 0.717) is 11.5 Å². The van der Waals surface area contributed by atoms with Gasteiger partial charge in [-0.05, 0) is 47.4 Å². The maximum Gasteiger partial charge on any atom is 0.161 e. The fourth-order valence-corrected chi connectivity index (χ4v) is 2.91. The van der Waals surface area contributed by atoms with E-state index in [-0.39, 0.29) is 29.9 Å². The topological polar surface area (TPSA) is 71.0 Å². The molecule has 1 heterocycles. The molecule has 23 heavy (non-hydrogen) atoms. The number of hydrogen-bond donors (Lipinski definition) is 3. The molecule has 1 atom stereocenters. The zero-order chi connectivity index (χ0) is 15.7. The molecule has 0 spiro atoms. The molecule has 124 valence electrons. The maximum absolute atomic E-state index is 9.80. The van der Waals surface area contributed by atoms with E-state index in [1.807, 2.05) is 18.2 Å². The molecular formula is C17H19ClNO4-. The molecule has 0 fully saturated rings. The molecule has 2 aromatic rings. The van der Waals surface area contributed by atoms with Gasteiger partial charge >= 0.3 is 0 Å². The van der Waals surface area contributed by atoms with Crippen molar-refractivity contribution in [2.75, 3.05) is 20.8 Å². The number of halogens is 1. The Bertz CT molecular complexity index is 705. The highest BCUT2D eigenvalue weighted by molar-refractivity contribution is 5.52. The molecule has 5 nitrogen and oxygen atoms in total. The molecule has 6 heteroatoms. The van der Waals surface area contributed by atoms with Gasteiger partial charge in [-0.15, -0.1) is 0 Å². The minimum atomic E-state index is -0.104. The number of phenols is 2. The number of hydrogen-bond acceptors (Lipinski definition) is 5. The first kappa shape index (κ1) is 17.2. The van der Waals surface area contributed by atoms with Crippen LogP contribution in [0.4, 0.5) is 0 Å². The molecule has 0 radical (unpaired) electrons. The van der Waals surface area contributed by atoms with Gasteiger partial charge in [0.2, 0.25) is 0 Å². The van der Waals surface area contributed by atoms with Gasteiger partial charge in [-0.3, -0.25) is 0 Å². The normalized spacial score (nSPS) is 16.2. The van der Waals surface area contributed by atoms with Gasteiger partial charge in [0.25, 0.3) is 0 Å². The van der Waals surface area contributed by atoms with E-state index in [2.05, 4.69) is 5.32 Å². The van der Waals surface area contributed by atoms with E-state index in [4.69, 9.17) is 9.47 Å². The number of aromatic hydroxyl groups is 2. The van der Waals surface area contributed by atoms with Gasteiger partial charge in [-0.1, -0.05) is 6.07 Å². The first-order chi connectivity index (χ1) is 10.6. The molecule has 0 aliphatic carbocycles. The fourth-order valence-electron chi connectivity index (χ4n) is 2.91. The highest BCUT2D eigenvalue weighted by Crippen LogP contribution is 2.38. The molecule has 1 unspecified atom stereocenters. The molecule has 0 aromatic heterocycles. The van der Waals surface area contributed by atoms with Crippen molar-refractivity contribution in [3.8, 4) is 23.0 Å². The number of ether oxygens (including phenoxy) is 2. The Hall–Kier alpha value is -2.11. The molecule has 3 N–H and O–H groups in total. The first-order valence-electron chi connectivity index (χ1n) is 7.14. The molecule has 1 aliphatic heterocycles. The smallest absolute Gasteiger partial charge is 0.161 e. The average molecular weight is 337 g/mol. The number of phenolic OH excluding ortho intramolecular Hbond substituents is 2. The third-order valence-corrected chi connectivity index (χ3v) is 4.03. The van der Waals surface area contributed by atoms with Crippen LogP contribution < -0.4 is 27.2 Å². The van der Waals surface area contributed by atoms with E-state index in [9.17, 15) is 10.2 Å². The summed E-state index contributed by atoms with van der Waals surface area (Å²) in [7, 11) is 3.21. The van der Waals surface area contributed by atoms with E-state index in [1.54, 1.807) is 26.4 Å². The molecule has 0 amide bonds. The van der Waals surface area contributed by atoms with Gasteiger partial charge in [0.1, 0.15) is 0 Å². The third kappa shape index (κ3) is 3.16. The summed E-state index contributed by atoms with van der Waals surface area (Å²) < 4.78 is 10.6. The SMILES string of the molecule is COc1ccc(C2NCCc3cc(O)c(O)cc32)cc1OC.[Cl-]. The van der Waals surface area contributed by atoms with Crippen molar-refractivity contribution in [2.24, 2.45) is 0 Å². The van der Waals surface area contributed by atoms with E-state index in [1.165, 1.54) is 0 Å². The Morgan fingerprint density at radius 2 is 1.70 bits per heavy atom. The van der Waals surface area contributed by atoms with Crippen molar-refractivity contribution in [3.05, 3.63) is 47.0 Å². The van der Waals surface area contributed by atoms with Gasteiger partial charge in [0, 0.05) is 6.54 Å². The third-order valence-electron chi connectivity index (χ3n) is 4.03. The van der Waals surface area contributed by atoms with Crippen molar-refractivity contribution in [1.29, 1.82) is 0 Å². The zero-order valence-electron chi connectivity index (χ0n) is 13.0. The van der Waals surface area contributed by atoms with Crippen molar-refractivity contribution in [2.45, 2.75) is 12.5 Å². The molecule has 1 aliphatic rings. The lowest BCUT2D eigenvalue weighted by molar-refractivity contribution is -0.00000678. The minimum absolute atomic E-state index is 0. The quantitative estimate of drug-likeness (QED) is 0.650. The van der Waals surface area contributed by atoms with Gasteiger partial charge in [-0.2, -0.15) is 0 Å². The number of benzene rings is 2. The maximum atomic E-state index is 9.80. The average Bonchev–Trinajstić information content (AvgIpc) is 2.54. The summed E-state index contributed by atoms with van der Waals surface area (Å²) in [6.07, 6.45) is 0.812. The predicted octanol–water partition coefficient (Wildman–Crippen LogP) is -0.646. The summed E-state index contributed by atoms with van der Waals surface area (Å²) in [4.78, 5) is 0. The van der Waals surface area contributed by atoms with E-state index < -0.39 is 0 Å². The molecule has 0 saturated heterocycles. The van der Waals surface area contributed by atoms with Crippen LogP contribution in [-0.2, 0) is 6.42 Å². The molecule has 2 aromatic carbocycles. The lowest BCUT2D eigenvalue weighted by Gasteiger charge is -2.28. The summed E-state index contributed by atoms with van der Waals surface area (Å²) in [5.74, 6) is 1.16. The lowest BCUT2D eigenvalue weighted by atomic mass is 9.89. The van der Waals surface area contributed by atoms with Crippen molar-refractivity contribution in [1.82, 2.24) is 5.32 Å². The van der Waals surface area contributed by atoms with Gasteiger partial charge < -0.3 is 37.4 Å². The molecule has 0 saturated carbocycles. The van der Waals surface area contributed by atoms with Crippen LogP contribution in [-0.4, -0.2) is 31.0 Å². The molecule has 3 rings (SSSR count). The standard InChI is InChI=1S/C17H19NO4.ClH/c1-21-15-4-3-11(8-16(15)22-2)17-12-9-14(20)13(19)7-10(12)5-6-18-17;/h3-4,7-9,17-20H,5-6H2,1-2H3;1H/p-1. The highest BCUT2D eigenvalue weighted by Gasteiger charge is 2.24. The van der Waals surface area contributed by atoms with Crippen LogP contribution in [0.3, 0.4) is 0 Å². The Morgan fingerprint density at radius 1 is 1.00 bits per heavy atom. The van der Waals surface area contributed by atoms with Crippen LogP contribution in [0.5, 0.6) is 23.0 Å². The summed E-state index contributed by atoms with van der Waals surface area (Å²) in [5, 5.41) is 22.9.